The second-order valence-corrected chi connectivity index (χ2v) is 5.52. The van der Waals surface area contributed by atoms with Crippen LogP contribution in [0.5, 0.6) is 0 Å². The third-order valence-electron chi connectivity index (χ3n) is 4.27. The highest BCUT2D eigenvalue weighted by Gasteiger charge is 2.37. The summed E-state index contributed by atoms with van der Waals surface area (Å²) in [5.74, 6) is 0.0343. The third-order valence-corrected chi connectivity index (χ3v) is 4.27. The first-order valence-corrected chi connectivity index (χ1v) is 6.92. The van der Waals surface area contributed by atoms with Crippen molar-refractivity contribution in [3.8, 4) is 0 Å². The van der Waals surface area contributed by atoms with E-state index < -0.39 is 5.67 Å². The Hall–Kier alpha value is -1.48. The van der Waals surface area contributed by atoms with Gasteiger partial charge in [0, 0.05) is 30.2 Å². The molecule has 0 spiro atoms. The molecule has 1 aliphatic heterocycles. The molecular weight excluding hydrogens is 239 g/mol. The van der Waals surface area contributed by atoms with Crippen LogP contribution in [0.3, 0.4) is 0 Å². The monoisotopic (exact) mass is 258 g/mol. The fraction of sp³-hybridized carbons (Fsp3) is 0.438. The van der Waals surface area contributed by atoms with E-state index in [0.717, 1.165) is 42.3 Å². The van der Waals surface area contributed by atoms with Gasteiger partial charge in [0.2, 0.25) is 0 Å². The van der Waals surface area contributed by atoms with Crippen molar-refractivity contribution in [1.29, 1.82) is 0 Å². The van der Waals surface area contributed by atoms with Crippen LogP contribution < -0.4 is 5.32 Å². The van der Waals surface area contributed by atoms with E-state index in [1.807, 2.05) is 24.3 Å². The van der Waals surface area contributed by atoms with E-state index >= 15 is 4.39 Å². The van der Waals surface area contributed by atoms with E-state index in [4.69, 9.17) is 0 Å². The highest BCUT2D eigenvalue weighted by atomic mass is 19.1. The van der Waals surface area contributed by atoms with Crippen LogP contribution in [0, 0.1) is 5.92 Å². The average Bonchev–Trinajstić information content (AvgIpc) is 2.47. The molecule has 3 heteroatoms. The number of alkyl halides is 1. The number of rotatable bonds is 2. The Morgan fingerprint density at radius 3 is 3.05 bits per heavy atom. The zero-order valence-electron chi connectivity index (χ0n) is 11.2. The summed E-state index contributed by atoms with van der Waals surface area (Å²) in [4.78, 5) is 4.15. The van der Waals surface area contributed by atoms with Gasteiger partial charge in [0.25, 0.3) is 0 Å². The summed E-state index contributed by atoms with van der Waals surface area (Å²) in [6.45, 7) is 3.47. The summed E-state index contributed by atoms with van der Waals surface area (Å²) in [5.41, 5.74) is -0.539. The Morgan fingerprint density at radius 1 is 1.37 bits per heavy atom. The summed E-state index contributed by atoms with van der Waals surface area (Å²) < 4.78 is 15.4. The van der Waals surface area contributed by atoms with E-state index in [2.05, 4.69) is 10.3 Å². The van der Waals surface area contributed by atoms with Gasteiger partial charge < -0.3 is 5.32 Å². The zero-order chi connectivity index (χ0) is 13.3. The van der Waals surface area contributed by atoms with Crippen LogP contribution in [0.15, 0.2) is 36.7 Å². The molecule has 2 aromatic rings. The van der Waals surface area contributed by atoms with Crippen molar-refractivity contribution in [2.24, 2.45) is 5.92 Å². The van der Waals surface area contributed by atoms with Crippen molar-refractivity contribution in [1.82, 2.24) is 10.3 Å². The predicted octanol–water partition coefficient (Wildman–Crippen LogP) is 3.42. The van der Waals surface area contributed by atoms with Gasteiger partial charge in [-0.3, -0.25) is 4.98 Å². The lowest BCUT2D eigenvalue weighted by molar-refractivity contribution is 0.0827. The Morgan fingerprint density at radius 2 is 2.26 bits per heavy atom. The van der Waals surface area contributed by atoms with E-state index in [1.165, 1.54) is 0 Å². The second kappa shape index (κ2) is 4.89. The van der Waals surface area contributed by atoms with Crippen molar-refractivity contribution in [2.45, 2.75) is 25.4 Å². The molecule has 2 heterocycles. The smallest absolute Gasteiger partial charge is 0.137 e. The van der Waals surface area contributed by atoms with Gasteiger partial charge >= 0.3 is 0 Å². The fourth-order valence-electron chi connectivity index (χ4n) is 3.07. The predicted molar refractivity (Wildman–Crippen MR) is 75.8 cm³/mol. The first-order chi connectivity index (χ1) is 9.19. The summed E-state index contributed by atoms with van der Waals surface area (Å²) in [6, 6.07) is 7.79. The largest absolute Gasteiger partial charge is 0.316 e. The Kier molecular flexibility index (Phi) is 3.23. The molecule has 0 radical (unpaired) electrons. The van der Waals surface area contributed by atoms with Gasteiger partial charge in [0.15, 0.2) is 0 Å². The molecule has 2 nitrogen and oxygen atoms in total. The number of nitrogens with zero attached hydrogens (tertiary/aromatic N) is 1. The zero-order valence-corrected chi connectivity index (χ0v) is 11.2. The number of piperidine rings is 1. The maximum atomic E-state index is 15.4. The number of halogens is 1. The third kappa shape index (κ3) is 2.23. The van der Waals surface area contributed by atoms with Crippen LogP contribution in [0.2, 0.25) is 0 Å². The number of aromatic nitrogens is 1. The van der Waals surface area contributed by atoms with E-state index in [9.17, 15) is 0 Å². The fourth-order valence-corrected chi connectivity index (χ4v) is 3.07. The van der Waals surface area contributed by atoms with Crippen LogP contribution in [0.4, 0.5) is 4.39 Å². The van der Waals surface area contributed by atoms with Crippen LogP contribution >= 0.6 is 0 Å². The van der Waals surface area contributed by atoms with Crippen molar-refractivity contribution < 1.29 is 4.39 Å². The number of nitrogens with one attached hydrogen (secondary N) is 1. The quantitative estimate of drug-likeness (QED) is 0.892. The second-order valence-electron chi connectivity index (χ2n) is 5.52. The Bertz CT molecular complexity index is 568. The number of hydrogen-bond acceptors (Lipinski definition) is 2. The molecule has 0 aliphatic carbocycles. The first-order valence-electron chi connectivity index (χ1n) is 6.92. The highest BCUT2D eigenvalue weighted by molar-refractivity contribution is 5.85. The van der Waals surface area contributed by atoms with E-state index in [0.29, 0.717) is 0 Å². The summed E-state index contributed by atoms with van der Waals surface area (Å²) in [6.07, 6.45) is 5.52. The molecule has 1 aliphatic rings. The number of hydrogen-bond donors (Lipinski definition) is 1. The van der Waals surface area contributed by atoms with Gasteiger partial charge in [-0.2, -0.15) is 0 Å². The van der Waals surface area contributed by atoms with Crippen molar-refractivity contribution in [3.05, 3.63) is 42.2 Å². The maximum Gasteiger partial charge on any atom is 0.137 e. The molecule has 1 saturated heterocycles. The van der Waals surface area contributed by atoms with Gasteiger partial charge in [-0.25, -0.2) is 4.39 Å². The van der Waals surface area contributed by atoms with Crippen molar-refractivity contribution in [3.63, 3.8) is 0 Å². The van der Waals surface area contributed by atoms with Crippen molar-refractivity contribution >= 4 is 10.8 Å². The van der Waals surface area contributed by atoms with Gasteiger partial charge in [0.05, 0.1) is 0 Å². The molecule has 19 heavy (non-hydrogen) atoms. The minimum absolute atomic E-state index is 0.0343. The Balaban J connectivity index is 2.07. The lowest BCUT2D eigenvalue weighted by Crippen LogP contribution is -2.40. The van der Waals surface area contributed by atoms with Crippen molar-refractivity contribution in [2.75, 3.05) is 13.1 Å². The van der Waals surface area contributed by atoms with Gasteiger partial charge in [-0.05, 0) is 43.3 Å². The van der Waals surface area contributed by atoms with Crippen LogP contribution in [-0.4, -0.2) is 18.1 Å². The molecule has 1 aromatic heterocycles. The number of benzene rings is 1. The van der Waals surface area contributed by atoms with Crippen LogP contribution in [0.1, 0.15) is 25.3 Å². The minimum atomic E-state index is -1.31. The first kappa shape index (κ1) is 12.5. The molecule has 3 rings (SSSR count). The molecule has 0 amide bonds. The highest BCUT2D eigenvalue weighted by Crippen LogP contribution is 2.40. The molecule has 1 N–H and O–H groups in total. The SMILES string of the molecule is CC(F)(c1cccc2ccncc12)C1CCCNC1. The number of fused-ring (bicyclic) bond motifs is 1. The minimum Gasteiger partial charge on any atom is -0.316 e. The lowest BCUT2D eigenvalue weighted by atomic mass is 9.79. The molecule has 100 valence electrons. The van der Waals surface area contributed by atoms with Gasteiger partial charge in [0.1, 0.15) is 5.67 Å². The van der Waals surface area contributed by atoms with Gasteiger partial charge in [-0.15, -0.1) is 0 Å². The topological polar surface area (TPSA) is 24.9 Å². The molecule has 2 unspecified atom stereocenters. The molecule has 1 aromatic carbocycles. The van der Waals surface area contributed by atoms with E-state index in [1.54, 1.807) is 19.3 Å². The summed E-state index contributed by atoms with van der Waals surface area (Å²) in [5, 5.41) is 5.29. The molecule has 1 fully saturated rings. The standard InChI is InChI=1S/C16H19FN2/c1-16(17,13-5-3-8-18-10-13)15-6-2-4-12-7-9-19-11-14(12)15/h2,4,6-7,9,11,13,18H,3,5,8,10H2,1H3. The molecule has 0 bridgehead atoms. The van der Waals surface area contributed by atoms with E-state index in [-0.39, 0.29) is 5.92 Å². The van der Waals surface area contributed by atoms with Crippen LogP contribution in [0.25, 0.3) is 10.8 Å². The lowest BCUT2D eigenvalue weighted by Gasteiger charge is -2.34. The summed E-state index contributed by atoms with van der Waals surface area (Å²) in [7, 11) is 0. The van der Waals surface area contributed by atoms with Gasteiger partial charge in [-0.1, -0.05) is 18.2 Å². The average molecular weight is 258 g/mol. The summed E-state index contributed by atoms with van der Waals surface area (Å²) >= 11 is 0. The number of pyridine rings is 1. The molecule has 2 atom stereocenters. The maximum absolute atomic E-state index is 15.4. The molecular formula is C16H19FN2. The Labute approximate surface area is 113 Å². The molecule has 0 saturated carbocycles. The normalized spacial score (nSPS) is 23.2. The van der Waals surface area contributed by atoms with Crippen LogP contribution in [-0.2, 0) is 5.67 Å².